The number of aromatic amines is 3. The van der Waals surface area contributed by atoms with Crippen molar-refractivity contribution in [3.63, 3.8) is 0 Å². The Bertz CT molecular complexity index is 4050. The molecule has 0 radical (unpaired) electrons. The molecule has 1 fully saturated rings. The average Bonchev–Trinajstić information content (AvgIpc) is 1.71. The fourth-order valence-corrected chi connectivity index (χ4v) is 14.3. The van der Waals surface area contributed by atoms with Gasteiger partial charge in [-0.25, -0.2) is 13.8 Å². The predicted molar refractivity (Wildman–Crippen MR) is 372 cm³/mol. The molecule has 27 nitrogen and oxygen atoms in total. The summed E-state index contributed by atoms with van der Waals surface area (Å²) in [7, 11) is 1.47. The number of aromatic nitrogens is 4. The van der Waals surface area contributed by atoms with Gasteiger partial charge in [0, 0.05) is 121 Å². The molecular weight excluding hydrogens is 1330 g/mol. The van der Waals surface area contributed by atoms with E-state index in [2.05, 4.69) is 57.2 Å². The van der Waals surface area contributed by atoms with Gasteiger partial charge in [0.2, 0.25) is 53.2 Å². The molecule has 0 aliphatic carbocycles. The number of unbranched alkanes of at least 4 members (excludes halogenated alkanes) is 1. The van der Waals surface area contributed by atoms with E-state index in [1.54, 1.807) is 12.1 Å². The molecule has 9 amide bonds. The van der Waals surface area contributed by atoms with Crippen molar-refractivity contribution in [2.24, 2.45) is 11.5 Å². The average molecular weight is 1420 g/mol. The maximum Gasteiger partial charge on any atom is 0.305 e. The summed E-state index contributed by atoms with van der Waals surface area (Å²) in [6.07, 6.45) is 5.90. The lowest BCUT2D eigenvalue weighted by Crippen LogP contribution is -2.60. The van der Waals surface area contributed by atoms with Crippen LogP contribution >= 0.6 is 23.5 Å². The van der Waals surface area contributed by atoms with Crippen molar-refractivity contribution < 1.29 is 66.9 Å². The first-order chi connectivity index (χ1) is 48.1. The standard InChI is InChI=1S/C69H83F2N15O12S2/c1-85-59(63(73)92)37-100-36-41-7-4-6-40(22-41)35-99-21-18-60(88)81-53(8-2-3-19-72)64(93)78-34-61(89)82-54(24-42-30-75-51-16-12-44(70)26-49(42)51)66(95)83-55(25-43-31-76-52-17-13-45(71)27-50(43)52)67(96)84-56(29-62(90)91)65(94)80-47(28-46-32-74-38-79-46)33-77-57(23-39-10-14-48(87)15-11-39)68(97)86-20-5-9-58(86)69(85)98/h4,6-7,10-17,22,26-27,30-32,38,47,53-59,75-77,87H,2-3,5,8-9,18-21,23-25,28-29,33-37,72H2,1H3,(H2,73,92)(H,74,79)(H,78,93)(H,80,94)(H,81,88)(H,82,89)(H,83,95)(H,84,96)(H,90,91)/t47-,53-,54-,55-,56-,57-,58-,59-/m0/s1. The molecule has 0 unspecified atom stereocenters. The lowest BCUT2D eigenvalue weighted by atomic mass is 10.0. The van der Waals surface area contributed by atoms with E-state index in [1.165, 1.54) is 114 Å². The molecule has 0 saturated carbocycles. The summed E-state index contributed by atoms with van der Waals surface area (Å²) in [6, 6.07) is 11.1. The van der Waals surface area contributed by atoms with Crippen LogP contribution < -0.4 is 48.7 Å². The Labute approximate surface area is 583 Å². The van der Waals surface area contributed by atoms with E-state index >= 15 is 14.4 Å². The van der Waals surface area contributed by atoms with Crippen LogP contribution in [0.15, 0.2) is 110 Å². The van der Waals surface area contributed by atoms with Crippen LogP contribution in [-0.2, 0) is 85.1 Å². The summed E-state index contributed by atoms with van der Waals surface area (Å²) in [5.41, 5.74) is 16.3. The van der Waals surface area contributed by atoms with Crippen LogP contribution in [-0.4, -0.2) is 192 Å². The summed E-state index contributed by atoms with van der Waals surface area (Å²) in [5, 5.41) is 40.5. The number of halogens is 2. The molecule has 5 heterocycles. The Kier molecular flexibility index (Phi) is 26.6. The second kappa shape index (κ2) is 35.8. The minimum atomic E-state index is -1.88. The number of imidazole rings is 1. The van der Waals surface area contributed by atoms with E-state index in [0.29, 0.717) is 81.7 Å². The normalized spacial score (nSPS) is 22.2. The number of nitrogens with zero attached hydrogens (tertiary/aromatic N) is 3. The molecule has 3 aromatic heterocycles. The fraction of sp³-hybridized carbons (Fsp3) is 0.406. The van der Waals surface area contributed by atoms with E-state index in [4.69, 9.17) is 11.5 Å². The van der Waals surface area contributed by atoms with Crippen LogP contribution in [0.25, 0.3) is 21.8 Å². The highest BCUT2D eigenvalue weighted by molar-refractivity contribution is 7.98. The largest absolute Gasteiger partial charge is 0.508 e. The molecule has 8 atom stereocenters. The molecule has 16 N–H and O–H groups in total. The highest BCUT2D eigenvalue weighted by Crippen LogP contribution is 2.27. The van der Waals surface area contributed by atoms with Gasteiger partial charge in [-0.3, -0.25) is 47.9 Å². The molecule has 100 heavy (non-hydrogen) atoms. The summed E-state index contributed by atoms with van der Waals surface area (Å²) >= 11 is 2.87. The van der Waals surface area contributed by atoms with Gasteiger partial charge >= 0.3 is 5.97 Å². The number of phenolic OH excluding ortho intramolecular Hbond substituents is 1. The lowest BCUT2D eigenvalue weighted by molar-refractivity contribution is -0.146. The SMILES string of the molecule is CN1C(=O)[C@@H]2CCCN2C(=O)[C@H](Cc2ccc(O)cc2)NC[C@H](Cc2cnc[nH]2)NC(=O)[C@H](CC(=O)O)NC(=O)[C@H](Cc2c[nH]c3ccc(F)cc23)NC(=O)[C@H](Cc2c[nH]c3ccc(F)cc23)NC(=O)CNC(=O)[C@H](CCCCN)NC(=O)CCSCc2cccc(c2)CSC[C@H]1C(N)=O. The van der Waals surface area contributed by atoms with Crippen LogP contribution in [0.3, 0.4) is 0 Å². The second-order valence-corrected chi connectivity index (χ2v) is 27.0. The molecule has 2 aliphatic rings. The topological polar surface area (TPSA) is 414 Å². The number of carboxylic acids is 1. The third kappa shape index (κ3) is 20.9. The number of thioether (sulfide) groups is 2. The van der Waals surface area contributed by atoms with Gasteiger partial charge in [0.1, 0.15) is 53.6 Å². The number of benzene rings is 4. The van der Waals surface area contributed by atoms with Crippen LogP contribution in [0.1, 0.15) is 78.5 Å². The Morgan fingerprint density at radius 1 is 0.680 bits per heavy atom. The van der Waals surface area contributed by atoms with E-state index in [0.717, 1.165) is 11.1 Å². The smallest absolute Gasteiger partial charge is 0.305 e. The van der Waals surface area contributed by atoms with Crippen molar-refractivity contribution in [1.82, 2.24) is 67.0 Å². The number of rotatable bonds is 15. The van der Waals surface area contributed by atoms with Gasteiger partial charge in [-0.05, 0) is 121 Å². The first-order valence-corrected chi connectivity index (χ1v) is 35.2. The molecule has 2 bridgehead atoms. The number of carboxylic acid groups (broad SMARTS) is 1. The number of fused-ring (bicyclic) bond motifs is 5. The van der Waals surface area contributed by atoms with Gasteiger partial charge in [-0.1, -0.05) is 36.4 Å². The minimum absolute atomic E-state index is 0.000374. The van der Waals surface area contributed by atoms with Crippen molar-refractivity contribution in [1.29, 1.82) is 0 Å². The maximum atomic E-state index is 15.1. The maximum absolute atomic E-state index is 15.1. The van der Waals surface area contributed by atoms with Crippen molar-refractivity contribution in [2.75, 3.05) is 44.7 Å². The van der Waals surface area contributed by atoms with Gasteiger partial charge in [-0.2, -0.15) is 23.5 Å². The van der Waals surface area contributed by atoms with Gasteiger partial charge < -0.3 is 83.6 Å². The molecule has 1 saturated heterocycles. The Morgan fingerprint density at radius 3 is 1.94 bits per heavy atom. The first-order valence-electron chi connectivity index (χ1n) is 32.9. The highest BCUT2D eigenvalue weighted by Gasteiger charge is 2.41. The zero-order valence-electron chi connectivity index (χ0n) is 55.0. The molecule has 532 valence electrons. The Morgan fingerprint density at radius 2 is 1.31 bits per heavy atom. The van der Waals surface area contributed by atoms with E-state index < -0.39 is 138 Å². The summed E-state index contributed by atoms with van der Waals surface area (Å²) < 4.78 is 29.8. The number of aromatic hydroxyl groups is 1. The van der Waals surface area contributed by atoms with Crippen molar-refractivity contribution in [2.45, 2.75) is 130 Å². The fourth-order valence-electron chi connectivity index (χ4n) is 12.2. The molecule has 4 aromatic carbocycles. The number of hydrogen-bond acceptors (Lipinski definition) is 16. The van der Waals surface area contributed by atoms with Crippen LogP contribution in [0.2, 0.25) is 0 Å². The van der Waals surface area contributed by atoms with E-state index in [1.807, 2.05) is 24.3 Å². The number of amides is 9. The van der Waals surface area contributed by atoms with Crippen LogP contribution in [0.4, 0.5) is 8.78 Å². The number of phenols is 1. The van der Waals surface area contributed by atoms with Gasteiger partial charge in [0.15, 0.2) is 0 Å². The van der Waals surface area contributed by atoms with E-state index in [9.17, 15) is 52.6 Å². The predicted octanol–water partition coefficient (Wildman–Crippen LogP) is 2.60. The third-order valence-electron chi connectivity index (χ3n) is 17.5. The number of hydrogen-bond donors (Lipinski definition) is 14. The quantitative estimate of drug-likeness (QED) is 0.0656. The summed E-state index contributed by atoms with van der Waals surface area (Å²) in [4.78, 5) is 158. The number of likely N-dealkylation sites (N-methyl/N-ethyl adjacent to an activating group) is 1. The lowest BCUT2D eigenvalue weighted by Gasteiger charge is -2.34. The Balaban J connectivity index is 1.04. The van der Waals surface area contributed by atoms with Gasteiger partial charge in [0.25, 0.3) is 0 Å². The number of primary amides is 1. The monoisotopic (exact) mass is 1420 g/mol. The Hall–Kier alpha value is -9.85. The first kappa shape index (κ1) is 74.4. The molecule has 7 aromatic rings. The number of carbonyl (C=O) groups is 10. The molecule has 2 aliphatic heterocycles. The number of aliphatic carboxylic acids is 1. The van der Waals surface area contributed by atoms with Gasteiger partial charge in [-0.15, -0.1) is 0 Å². The molecule has 9 rings (SSSR count). The third-order valence-corrected chi connectivity index (χ3v) is 19.6. The van der Waals surface area contributed by atoms with Crippen molar-refractivity contribution in [3.05, 3.63) is 155 Å². The van der Waals surface area contributed by atoms with Crippen LogP contribution in [0, 0.1) is 11.6 Å². The van der Waals surface area contributed by atoms with Crippen LogP contribution in [0.5, 0.6) is 5.75 Å². The summed E-state index contributed by atoms with van der Waals surface area (Å²) in [6.45, 7) is -0.453. The van der Waals surface area contributed by atoms with Gasteiger partial charge in [0.05, 0.1) is 25.3 Å². The molecule has 0 spiro atoms. The number of carbonyl (C=O) groups excluding carboxylic acids is 9. The molecular formula is C69H83F2N15O12S2. The second-order valence-electron chi connectivity index (χ2n) is 24.9. The number of nitrogens with two attached hydrogens (primary N) is 2. The van der Waals surface area contributed by atoms with Crippen molar-refractivity contribution in [3.8, 4) is 5.75 Å². The van der Waals surface area contributed by atoms with Crippen molar-refractivity contribution >= 4 is 104 Å². The molecule has 31 heteroatoms. The number of H-pyrrole nitrogens is 3. The number of nitrogens with one attached hydrogen (secondary N) is 10. The zero-order chi connectivity index (χ0) is 71.4. The minimum Gasteiger partial charge on any atom is -0.508 e. The highest BCUT2D eigenvalue weighted by atomic mass is 32.2. The van der Waals surface area contributed by atoms with E-state index in [-0.39, 0.29) is 68.7 Å². The summed E-state index contributed by atoms with van der Waals surface area (Å²) in [5.74, 6) is -8.34. The zero-order valence-corrected chi connectivity index (χ0v) is 56.6.